The first-order valence-electron chi connectivity index (χ1n) is 5.01. The maximum atomic E-state index is 11.1. The zero-order valence-electron chi connectivity index (χ0n) is 8.04. The van der Waals surface area contributed by atoms with E-state index in [0.29, 0.717) is 6.42 Å². The molecule has 1 heterocycles. The van der Waals surface area contributed by atoms with E-state index in [1.54, 1.807) is 7.11 Å². The van der Waals surface area contributed by atoms with Gasteiger partial charge in [-0.05, 0) is 19.3 Å². The Morgan fingerprint density at radius 2 is 2.31 bits per heavy atom. The first-order valence-corrected chi connectivity index (χ1v) is 5.01. The largest absolute Gasteiger partial charge is 0.456 e. The molecule has 1 saturated carbocycles. The van der Waals surface area contributed by atoms with Crippen molar-refractivity contribution in [1.82, 2.24) is 0 Å². The summed E-state index contributed by atoms with van der Waals surface area (Å²) in [5, 5.41) is 0. The maximum absolute atomic E-state index is 11.1. The van der Waals surface area contributed by atoms with Gasteiger partial charge in [-0.1, -0.05) is 6.42 Å². The van der Waals surface area contributed by atoms with Crippen molar-refractivity contribution in [3.63, 3.8) is 0 Å². The Bertz CT molecular complexity index is 214. The number of carbonyl (C=O) groups excluding carboxylic acids is 1. The Morgan fingerprint density at radius 3 is 2.92 bits per heavy atom. The molecular formula is C10H16O3. The molecule has 0 amide bonds. The number of hydrogen-bond donors (Lipinski definition) is 0. The zero-order chi connectivity index (χ0) is 9.31. The van der Waals surface area contributed by atoms with Crippen LogP contribution in [0, 0.1) is 0 Å². The van der Waals surface area contributed by atoms with Gasteiger partial charge in [-0.3, -0.25) is 4.79 Å². The summed E-state index contributed by atoms with van der Waals surface area (Å²) in [6, 6.07) is 0. The molecule has 0 aromatic carbocycles. The summed E-state index contributed by atoms with van der Waals surface area (Å²) in [4.78, 5) is 11.1. The second kappa shape index (κ2) is 3.29. The number of carbonyl (C=O) groups is 1. The second-order valence-electron chi connectivity index (χ2n) is 4.01. The molecular weight excluding hydrogens is 168 g/mol. The summed E-state index contributed by atoms with van der Waals surface area (Å²) >= 11 is 0. The SMILES string of the molecule is COC1CCCCC12CCC(=O)O2. The van der Waals surface area contributed by atoms with Gasteiger partial charge in [0.1, 0.15) is 5.60 Å². The van der Waals surface area contributed by atoms with Crippen LogP contribution in [0.1, 0.15) is 38.5 Å². The molecule has 3 nitrogen and oxygen atoms in total. The molecule has 2 atom stereocenters. The Kier molecular flexibility index (Phi) is 2.28. The average molecular weight is 184 g/mol. The molecule has 2 fully saturated rings. The van der Waals surface area contributed by atoms with E-state index < -0.39 is 0 Å². The predicted molar refractivity (Wildman–Crippen MR) is 47.3 cm³/mol. The molecule has 2 aliphatic rings. The van der Waals surface area contributed by atoms with Crippen LogP contribution in [0.5, 0.6) is 0 Å². The third-order valence-electron chi connectivity index (χ3n) is 3.26. The number of rotatable bonds is 1. The highest BCUT2D eigenvalue weighted by Gasteiger charge is 2.48. The number of ether oxygens (including phenoxy) is 2. The van der Waals surface area contributed by atoms with Crippen LogP contribution in [0.25, 0.3) is 0 Å². The molecule has 74 valence electrons. The van der Waals surface area contributed by atoms with Gasteiger partial charge in [-0.2, -0.15) is 0 Å². The van der Waals surface area contributed by atoms with Gasteiger partial charge >= 0.3 is 5.97 Å². The molecule has 0 N–H and O–H groups in total. The van der Waals surface area contributed by atoms with Gasteiger partial charge in [0, 0.05) is 20.0 Å². The Morgan fingerprint density at radius 1 is 1.46 bits per heavy atom. The van der Waals surface area contributed by atoms with Crippen molar-refractivity contribution in [2.24, 2.45) is 0 Å². The maximum Gasteiger partial charge on any atom is 0.306 e. The lowest BCUT2D eigenvalue weighted by molar-refractivity contribution is -0.166. The van der Waals surface area contributed by atoms with Crippen LogP contribution in [0.4, 0.5) is 0 Å². The highest BCUT2D eigenvalue weighted by Crippen LogP contribution is 2.41. The minimum Gasteiger partial charge on any atom is -0.456 e. The average Bonchev–Trinajstić information content (AvgIpc) is 2.49. The van der Waals surface area contributed by atoms with Crippen LogP contribution in [0.15, 0.2) is 0 Å². The molecule has 0 aromatic rings. The van der Waals surface area contributed by atoms with Gasteiger partial charge in [-0.25, -0.2) is 0 Å². The minimum absolute atomic E-state index is 0.0519. The standard InChI is InChI=1S/C10H16O3/c1-12-8-4-2-3-6-10(8)7-5-9(11)13-10/h8H,2-7H2,1H3. The third kappa shape index (κ3) is 1.46. The summed E-state index contributed by atoms with van der Waals surface area (Å²) in [6.07, 6.45) is 5.92. The highest BCUT2D eigenvalue weighted by molar-refractivity contribution is 5.72. The lowest BCUT2D eigenvalue weighted by atomic mass is 9.80. The minimum atomic E-state index is -0.260. The fraction of sp³-hybridized carbons (Fsp3) is 0.900. The molecule has 0 aromatic heterocycles. The summed E-state index contributed by atoms with van der Waals surface area (Å²) in [5.41, 5.74) is -0.260. The molecule has 2 rings (SSSR count). The number of hydrogen-bond acceptors (Lipinski definition) is 3. The van der Waals surface area contributed by atoms with Crippen LogP contribution in [0.2, 0.25) is 0 Å². The highest BCUT2D eigenvalue weighted by atomic mass is 16.6. The number of esters is 1. The van der Waals surface area contributed by atoms with Gasteiger partial charge in [0.2, 0.25) is 0 Å². The van der Waals surface area contributed by atoms with E-state index in [4.69, 9.17) is 9.47 Å². The van der Waals surface area contributed by atoms with Gasteiger partial charge in [0.05, 0.1) is 6.10 Å². The van der Waals surface area contributed by atoms with E-state index in [1.165, 1.54) is 6.42 Å². The van der Waals surface area contributed by atoms with E-state index in [1.807, 2.05) is 0 Å². The Balaban J connectivity index is 2.13. The second-order valence-corrected chi connectivity index (χ2v) is 4.01. The molecule has 1 spiro atoms. The fourth-order valence-electron chi connectivity index (χ4n) is 2.56. The van der Waals surface area contributed by atoms with Crippen LogP contribution in [-0.2, 0) is 14.3 Å². The zero-order valence-corrected chi connectivity index (χ0v) is 8.04. The van der Waals surface area contributed by atoms with Crippen molar-refractivity contribution in [3.8, 4) is 0 Å². The van der Waals surface area contributed by atoms with E-state index >= 15 is 0 Å². The van der Waals surface area contributed by atoms with E-state index in [0.717, 1.165) is 25.7 Å². The third-order valence-corrected chi connectivity index (χ3v) is 3.26. The van der Waals surface area contributed by atoms with Gasteiger partial charge in [0.25, 0.3) is 0 Å². The van der Waals surface area contributed by atoms with Gasteiger partial charge in [0.15, 0.2) is 0 Å². The van der Waals surface area contributed by atoms with Crippen molar-refractivity contribution >= 4 is 5.97 Å². The van der Waals surface area contributed by atoms with E-state index in [9.17, 15) is 4.79 Å². The Hall–Kier alpha value is -0.570. The van der Waals surface area contributed by atoms with Gasteiger partial charge in [-0.15, -0.1) is 0 Å². The normalized spacial score (nSPS) is 39.5. The van der Waals surface area contributed by atoms with Crippen molar-refractivity contribution in [2.75, 3.05) is 7.11 Å². The molecule has 2 unspecified atom stereocenters. The lowest BCUT2D eigenvalue weighted by Gasteiger charge is -2.38. The van der Waals surface area contributed by atoms with E-state index in [-0.39, 0.29) is 17.7 Å². The topological polar surface area (TPSA) is 35.5 Å². The molecule has 1 aliphatic carbocycles. The van der Waals surface area contributed by atoms with Crippen molar-refractivity contribution in [3.05, 3.63) is 0 Å². The molecule has 0 radical (unpaired) electrons. The molecule has 1 saturated heterocycles. The lowest BCUT2D eigenvalue weighted by Crippen LogP contribution is -2.45. The molecule has 0 bridgehead atoms. The fourth-order valence-corrected chi connectivity index (χ4v) is 2.56. The van der Waals surface area contributed by atoms with Crippen LogP contribution >= 0.6 is 0 Å². The summed E-state index contributed by atoms with van der Waals surface area (Å²) in [6.45, 7) is 0. The molecule has 1 aliphatic heterocycles. The van der Waals surface area contributed by atoms with Crippen molar-refractivity contribution in [2.45, 2.75) is 50.2 Å². The van der Waals surface area contributed by atoms with Crippen molar-refractivity contribution in [1.29, 1.82) is 0 Å². The van der Waals surface area contributed by atoms with Crippen LogP contribution in [-0.4, -0.2) is 24.8 Å². The molecule has 3 heteroatoms. The van der Waals surface area contributed by atoms with E-state index in [2.05, 4.69) is 0 Å². The molecule has 13 heavy (non-hydrogen) atoms. The van der Waals surface area contributed by atoms with Crippen molar-refractivity contribution < 1.29 is 14.3 Å². The predicted octanol–water partition coefficient (Wildman–Crippen LogP) is 1.65. The van der Waals surface area contributed by atoms with Gasteiger partial charge < -0.3 is 9.47 Å². The van der Waals surface area contributed by atoms with Crippen LogP contribution < -0.4 is 0 Å². The Labute approximate surface area is 78.4 Å². The summed E-state index contributed by atoms with van der Waals surface area (Å²) in [7, 11) is 1.71. The quantitative estimate of drug-likeness (QED) is 0.581. The summed E-state index contributed by atoms with van der Waals surface area (Å²) in [5.74, 6) is -0.0519. The number of methoxy groups -OCH3 is 1. The first-order chi connectivity index (χ1) is 6.27. The smallest absolute Gasteiger partial charge is 0.306 e. The van der Waals surface area contributed by atoms with Crippen LogP contribution in [0.3, 0.4) is 0 Å². The first kappa shape index (κ1) is 9.00. The monoisotopic (exact) mass is 184 g/mol. The summed E-state index contributed by atoms with van der Waals surface area (Å²) < 4.78 is 10.8.